The lowest BCUT2D eigenvalue weighted by Gasteiger charge is -2.40. The second-order valence-corrected chi connectivity index (χ2v) is 8.25. The summed E-state index contributed by atoms with van der Waals surface area (Å²) >= 11 is 0. The Balaban J connectivity index is 1.24. The summed E-state index contributed by atoms with van der Waals surface area (Å²) in [6.45, 7) is 5.87. The van der Waals surface area contributed by atoms with Gasteiger partial charge in [-0.05, 0) is 56.1 Å². The number of piperidine rings is 2. The number of amides is 1. The van der Waals surface area contributed by atoms with Crippen molar-refractivity contribution in [3.63, 3.8) is 0 Å². The summed E-state index contributed by atoms with van der Waals surface area (Å²) in [5, 5.41) is 0. The molecule has 0 saturated carbocycles. The van der Waals surface area contributed by atoms with Gasteiger partial charge in [0.2, 0.25) is 5.91 Å². The topological polar surface area (TPSA) is 49.3 Å². The zero-order valence-corrected chi connectivity index (χ0v) is 17.2. The number of aryl methyl sites for hydroxylation is 1. The molecule has 2 aromatic rings. The van der Waals surface area contributed by atoms with E-state index in [9.17, 15) is 4.79 Å². The first kappa shape index (κ1) is 19.6. The Hall–Kier alpha value is -2.69. The van der Waals surface area contributed by atoms with Gasteiger partial charge in [-0.1, -0.05) is 30.3 Å². The van der Waals surface area contributed by atoms with E-state index in [2.05, 4.69) is 14.9 Å². The summed E-state index contributed by atoms with van der Waals surface area (Å²) in [6.07, 6.45) is 12.0. The van der Waals surface area contributed by atoms with Crippen molar-refractivity contribution >= 4 is 17.8 Å². The van der Waals surface area contributed by atoms with Crippen LogP contribution in [0.15, 0.2) is 48.8 Å². The van der Waals surface area contributed by atoms with Crippen LogP contribution >= 0.6 is 0 Å². The van der Waals surface area contributed by atoms with Gasteiger partial charge in [-0.2, -0.15) is 0 Å². The first-order chi connectivity index (χ1) is 14.2. The SMILES string of the molecule is Cc1cncc(N2CCC(C3CCN(C(=O)/C=C/c4ccccc4)CC3)CC2)n1. The molecule has 0 aliphatic carbocycles. The summed E-state index contributed by atoms with van der Waals surface area (Å²) in [5.41, 5.74) is 2.05. The molecule has 2 aliphatic heterocycles. The van der Waals surface area contributed by atoms with Crippen LogP contribution in [0.3, 0.4) is 0 Å². The Morgan fingerprint density at radius 3 is 2.28 bits per heavy atom. The number of benzene rings is 1. The van der Waals surface area contributed by atoms with E-state index in [0.717, 1.165) is 67.9 Å². The van der Waals surface area contributed by atoms with Crippen LogP contribution in [0.1, 0.15) is 36.9 Å². The molecule has 0 bridgehead atoms. The van der Waals surface area contributed by atoms with Gasteiger partial charge >= 0.3 is 0 Å². The molecule has 5 heteroatoms. The van der Waals surface area contributed by atoms with Crippen molar-refractivity contribution in [3.05, 3.63) is 60.1 Å². The second-order valence-electron chi connectivity index (χ2n) is 8.25. The molecule has 0 radical (unpaired) electrons. The minimum atomic E-state index is 0.139. The Morgan fingerprint density at radius 2 is 1.62 bits per heavy atom. The standard InChI is InChI=1S/C24H30N4O/c1-19-17-25-18-23(26-19)27-13-9-21(10-14-27)22-11-15-28(16-12-22)24(29)8-7-20-5-3-2-4-6-20/h2-8,17-18,21-22H,9-16H2,1H3/b8-7+. The van der Waals surface area contributed by atoms with E-state index in [0.29, 0.717) is 0 Å². The fourth-order valence-electron chi connectivity index (χ4n) is 4.63. The molecule has 5 nitrogen and oxygen atoms in total. The lowest BCUT2D eigenvalue weighted by molar-refractivity contribution is -0.127. The Kier molecular flexibility index (Phi) is 6.23. The largest absolute Gasteiger partial charge is 0.355 e. The van der Waals surface area contributed by atoms with E-state index >= 15 is 0 Å². The molecule has 0 unspecified atom stereocenters. The highest BCUT2D eigenvalue weighted by Gasteiger charge is 2.30. The van der Waals surface area contributed by atoms with Crippen molar-refractivity contribution in [2.24, 2.45) is 11.8 Å². The maximum absolute atomic E-state index is 12.5. The summed E-state index contributed by atoms with van der Waals surface area (Å²) in [5.74, 6) is 2.65. The number of hydrogen-bond donors (Lipinski definition) is 0. The van der Waals surface area contributed by atoms with Crippen LogP contribution in [0.5, 0.6) is 0 Å². The molecule has 152 valence electrons. The number of carbonyl (C=O) groups is 1. The lowest BCUT2D eigenvalue weighted by Crippen LogP contribution is -2.42. The fourth-order valence-corrected chi connectivity index (χ4v) is 4.63. The van der Waals surface area contributed by atoms with Crippen LogP contribution in [0.2, 0.25) is 0 Å². The van der Waals surface area contributed by atoms with E-state index in [1.54, 1.807) is 12.3 Å². The third-order valence-electron chi connectivity index (χ3n) is 6.34. The lowest BCUT2D eigenvalue weighted by atomic mass is 9.79. The molecule has 3 heterocycles. The van der Waals surface area contributed by atoms with Gasteiger partial charge in [-0.3, -0.25) is 9.78 Å². The van der Waals surface area contributed by atoms with Gasteiger partial charge in [0.1, 0.15) is 5.82 Å². The highest BCUT2D eigenvalue weighted by atomic mass is 16.2. The molecule has 1 aromatic carbocycles. The van der Waals surface area contributed by atoms with Gasteiger partial charge in [-0.15, -0.1) is 0 Å². The molecule has 0 atom stereocenters. The molecular formula is C24H30N4O. The summed E-state index contributed by atoms with van der Waals surface area (Å²) < 4.78 is 0. The summed E-state index contributed by atoms with van der Waals surface area (Å²) in [7, 11) is 0. The average molecular weight is 391 g/mol. The Labute approximate surface area is 173 Å². The first-order valence-electron chi connectivity index (χ1n) is 10.7. The summed E-state index contributed by atoms with van der Waals surface area (Å²) in [6, 6.07) is 10.0. The molecule has 2 fully saturated rings. The maximum atomic E-state index is 12.5. The number of aromatic nitrogens is 2. The van der Waals surface area contributed by atoms with Crippen LogP contribution in [0.25, 0.3) is 6.08 Å². The van der Waals surface area contributed by atoms with Gasteiger partial charge in [0, 0.05) is 38.5 Å². The molecule has 29 heavy (non-hydrogen) atoms. The van der Waals surface area contributed by atoms with Gasteiger partial charge in [0.15, 0.2) is 0 Å². The maximum Gasteiger partial charge on any atom is 0.246 e. The normalized spacial score (nSPS) is 19.1. The van der Waals surface area contributed by atoms with Crippen molar-refractivity contribution in [1.82, 2.24) is 14.9 Å². The third-order valence-corrected chi connectivity index (χ3v) is 6.34. The van der Waals surface area contributed by atoms with E-state index < -0.39 is 0 Å². The Bertz CT molecular complexity index is 835. The highest BCUT2D eigenvalue weighted by Crippen LogP contribution is 2.33. The fraction of sp³-hybridized carbons (Fsp3) is 0.458. The zero-order chi connectivity index (χ0) is 20.1. The van der Waals surface area contributed by atoms with Crippen LogP contribution in [-0.4, -0.2) is 47.0 Å². The van der Waals surface area contributed by atoms with E-state index in [-0.39, 0.29) is 5.91 Å². The van der Waals surface area contributed by atoms with Gasteiger partial charge in [0.25, 0.3) is 0 Å². The van der Waals surface area contributed by atoms with Crippen molar-refractivity contribution in [1.29, 1.82) is 0 Å². The van der Waals surface area contributed by atoms with E-state index in [4.69, 9.17) is 0 Å². The smallest absolute Gasteiger partial charge is 0.246 e. The number of likely N-dealkylation sites (tertiary alicyclic amines) is 1. The van der Waals surface area contributed by atoms with Crippen LogP contribution in [0.4, 0.5) is 5.82 Å². The molecule has 0 spiro atoms. The van der Waals surface area contributed by atoms with Gasteiger partial charge in [-0.25, -0.2) is 4.98 Å². The minimum Gasteiger partial charge on any atom is -0.355 e. The van der Waals surface area contributed by atoms with Crippen molar-refractivity contribution < 1.29 is 4.79 Å². The third kappa shape index (κ3) is 5.03. The summed E-state index contributed by atoms with van der Waals surface area (Å²) in [4.78, 5) is 25.8. The highest BCUT2D eigenvalue weighted by molar-refractivity contribution is 5.91. The van der Waals surface area contributed by atoms with Gasteiger partial charge < -0.3 is 9.80 Å². The van der Waals surface area contributed by atoms with Crippen molar-refractivity contribution in [2.75, 3.05) is 31.1 Å². The monoisotopic (exact) mass is 390 g/mol. The van der Waals surface area contributed by atoms with E-state index in [1.807, 2.05) is 54.4 Å². The van der Waals surface area contributed by atoms with Crippen LogP contribution < -0.4 is 4.90 Å². The number of carbonyl (C=O) groups excluding carboxylic acids is 1. The number of anilines is 1. The minimum absolute atomic E-state index is 0.139. The molecule has 2 saturated heterocycles. The molecule has 2 aliphatic rings. The van der Waals surface area contributed by atoms with Gasteiger partial charge in [0.05, 0.1) is 11.9 Å². The molecule has 4 rings (SSSR count). The molecule has 0 N–H and O–H groups in total. The first-order valence-corrected chi connectivity index (χ1v) is 10.7. The predicted octanol–water partition coefficient (Wildman–Crippen LogP) is 3.95. The zero-order valence-electron chi connectivity index (χ0n) is 17.2. The molecular weight excluding hydrogens is 360 g/mol. The quantitative estimate of drug-likeness (QED) is 0.742. The number of hydrogen-bond acceptors (Lipinski definition) is 4. The molecule has 1 aromatic heterocycles. The van der Waals surface area contributed by atoms with Crippen molar-refractivity contribution in [2.45, 2.75) is 32.6 Å². The number of rotatable bonds is 4. The van der Waals surface area contributed by atoms with Crippen LogP contribution in [0, 0.1) is 18.8 Å². The predicted molar refractivity (Wildman–Crippen MR) is 116 cm³/mol. The second kappa shape index (κ2) is 9.21. The average Bonchev–Trinajstić information content (AvgIpc) is 2.78. The van der Waals surface area contributed by atoms with E-state index in [1.165, 1.54) is 12.8 Å². The van der Waals surface area contributed by atoms with Crippen molar-refractivity contribution in [3.8, 4) is 0 Å². The number of nitrogens with zero attached hydrogens (tertiary/aromatic N) is 4. The van der Waals surface area contributed by atoms with Crippen LogP contribution in [-0.2, 0) is 4.79 Å². The Morgan fingerprint density at radius 1 is 0.966 bits per heavy atom. The molecule has 1 amide bonds.